The van der Waals surface area contributed by atoms with E-state index in [1.54, 1.807) is 0 Å². The average molecular weight is 825 g/mol. The van der Waals surface area contributed by atoms with Crippen LogP contribution in [0.4, 0.5) is 0 Å². The number of hydrogen-bond donors (Lipinski definition) is 0. The summed E-state index contributed by atoms with van der Waals surface area (Å²) in [4.78, 5) is 0. The SMILES string of the molecule is CCCCCCCCOCCOCCOCCOCCOCCOCCOCCOCCOCCOCCOCCOCCCCCCI. The molecule has 0 rings (SSSR count). The van der Waals surface area contributed by atoms with Crippen molar-refractivity contribution in [3.63, 3.8) is 0 Å². The molecular formula is C36H73IO12. The summed E-state index contributed by atoms with van der Waals surface area (Å²) in [6, 6.07) is 0. The highest BCUT2D eigenvalue weighted by Crippen LogP contribution is 2.05. The predicted octanol–water partition coefficient (Wildman–Crippen LogP) is 5.54. The third-order valence-corrected chi connectivity index (χ3v) is 7.67. The van der Waals surface area contributed by atoms with Gasteiger partial charge in [-0.3, -0.25) is 0 Å². The maximum Gasteiger partial charge on any atom is 0.0701 e. The van der Waals surface area contributed by atoms with Gasteiger partial charge >= 0.3 is 0 Å². The molecule has 0 aliphatic carbocycles. The van der Waals surface area contributed by atoms with E-state index in [0.717, 1.165) is 26.1 Å². The van der Waals surface area contributed by atoms with Crippen molar-refractivity contribution < 1.29 is 56.8 Å². The van der Waals surface area contributed by atoms with Gasteiger partial charge in [0.2, 0.25) is 0 Å². The molecule has 0 amide bonds. The van der Waals surface area contributed by atoms with Crippen LogP contribution in [-0.2, 0) is 56.8 Å². The number of ether oxygens (including phenoxy) is 12. The summed E-state index contributed by atoms with van der Waals surface area (Å²) < 4.78 is 67.4. The molecule has 12 nitrogen and oxygen atoms in total. The molecule has 49 heavy (non-hydrogen) atoms. The van der Waals surface area contributed by atoms with Gasteiger partial charge in [0.25, 0.3) is 0 Å². The molecule has 0 bridgehead atoms. The van der Waals surface area contributed by atoms with Crippen molar-refractivity contribution in [2.24, 2.45) is 0 Å². The normalized spacial score (nSPS) is 11.6. The highest BCUT2D eigenvalue weighted by Gasteiger charge is 1.97. The van der Waals surface area contributed by atoms with E-state index in [4.69, 9.17) is 56.8 Å². The lowest BCUT2D eigenvalue weighted by molar-refractivity contribution is -0.0284. The van der Waals surface area contributed by atoms with Crippen LogP contribution in [0.5, 0.6) is 0 Å². The third-order valence-electron chi connectivity index (χ3n) is 6.91. The highest BCUT2D eigenvalue weighted by atomic mass is 127. The zero-order valence-electron chi connectivity index (χ0n) is 31.0. The van der Waals surface area contributed by atoms with Crippen LogP contribution in [0.2, 0.25) is 0 Å². The molecule has 0 heterocycles. The fourth-order valence-electron chi connectivity index (χ4n) is 4.16. The summed E-state index contributed by atoms with van der Waals surface area (Å²) in [5, 5.41) is 0. The van der Waals surface area contributed by atoms with Crippen molar-refractivity contribution in [3.05, 3.63) is 0 Å². The molecule has 13 heteroatoms. The van der Waals surface area contributed by atoms with Gasteiger partial charge in [-0.2, -0.15) is 0 Å². The van der Waals surface area contributed by atoms with Gasteiger partial charge in [0.1, 0.15) is 0 Å². The molecule has 0 aliphatic rings. The topological polar surface area (TPSA) is 111 Å². The van der Waals surface area contributed by atoms with Crippen molar-refractivity contribution in [2.75, 3.05) is 163 Å². The lowest BCUT2D eigenvalue weighted by Gasteiger charge is -2.09. The van der Waals surface area contributed by atoms with E-state index < -0.39 is 0 Å². The number of halogens is 1. The monoisotopic (exact) mass is 824 g/mol. The molecule has 0 aromatic carbocycles. The molecule has 0 N–H and O–H groups in total. The number of rotatable bonds is 46. The average Bonchev–Trinajstić information content (AvgIpc) is 3.11. The molecule has 0 fully saturated rings. The van der Waals surface area contributed by atoms with Gasteiger partial charge in [0, 0.05) is 13.2 Å². The van der Waals surface area contributed by atoms with Gasteiger partial charge in [-0.25, -0.2) is 0 Å². The zero-order valence-corrected chi connectivity index (χ0v) is 33.2. The first-order valence-electron chi connectivity index (χ1n) is 18.9. The Morgan fingerprint density at radius 3 is 0.633 bits per heavy atom. The number of hydrogen-bond acceptors (Lipinski definition) is 12. The van der Waals surface area contributed by atoms with Crippen LogP contribution < -0.4 is 0 Å². The second-order valence-electron chi connectivity index (χ2n) is 11.2. The van der Waals surface area contributed by atoms with E-state index in [1.807, 2.05) is 0 Å². The minimum absolute atomic E-state index is 0.522. The van der Waals surface area contributed by atoms with E-state index >= 15 is 0 Å². The van der Waals surface area contributed by atoms with Crippen molar-refractivity contribution in [1.29, 1.82) is 0 Å². The predicted molar refractivity (Wildman–Crippen MR) is 201 cm³/mol. The maximum atomic E-state index is 5.59. The Kier molecular flexibility index (Phi) is 48.5. The van der Waals surface area contributed by atoms with E-state index in [9.17, 15) is 0 Å². The van der Waals surface area contributed by atoms with E-state index in [2.05, 4.69) is 29.5 Å². The number of unbranched alkanes of at least 4 members (excludes halogenated alkanes) is 8. The zero-order chi connectivity index (χ0) is 35.2. The van der Waals surface area contributed by atoms with Gasteiger partial charge < -0.3 is 56.8 Å². The van der Waals surface area contributed by atoms with E-state index in [1.165, 1.54) is 55.8 Å². The fourth-order valence-corrected chi connectivity index (χ4v) is 4.70. The second kappa shape index (κ2) is 48.2. The standard InChI is InChI=1S/C36H73IO12/c1-2-3-4-5-7-10-13-38-15-17-40-19-21-42-23-25-44-27-29-46-31-33-48-35-36-49-34-32-47-30-28-45-26-24-43-22-20-41-18-16-39-14-11-8-6-9-12-37/h2-36H2,1H3. The minimum Gasteiger partial charge on any atom is -0.379 e. The Labute approximate surface area is 312 Å². The molecule has 0 aromatic heterocycles. The summed E-state index contributed by atoms with van der Waals surface area (Å²) in [5.74, 6) is 0. The first kappa shape index (κ1) is 49.2. The van der Waals surface area contributed by atoms with Gasteiger partial charge in [0.05, 0.1) is 145 Å². The summed E-state index contributed by atoms with van der Waals surface area (Å²) in [6.45, 7) is 16.1. The Hall–Kier alpha value is 0.250. The van der Waals surface area contributed by atoms with Crippen LogP contribution in [0.3, 0.4) is 0 Å². The van der Waals surface area contributed by atoms with Gasteiger partial charge in [-0.05, 0) is 23.7 Å². The highest BCUT2D eigenvalue weighted by molar-refractivity contribution is 14.1. The van der Waals surface area contributed by atoms with Crippen LogP contribution in [0.25, 0.3) is 0 Å². The molecule has 0 aliphatic heterocycles. The number of alkyl halides is 1. The smallest absolute Gasteiger partial charge is 0.0701 e. The molecule has 0 aromatic rings. The summed E-state index contributed by atoms with van der Waals surface area (Å²) in [5.41, 5.74) is 0. The molecule has 0 unspecified atom stereocenters. The van der Waals surface area contributed by atoms with Gasteiger partial charge in [0.15, 0.2) is 0 Å². The van der Waals surface area contributed by atoms with Gasteiger partial charge in [-0.15, -0.1) is 0 Å². The Bertz CT molecular complexity index is 522. The Balaban J connectivity index is 3.04. The molecule has 296 valence electrons. The molecule has 0 saturated heterocycles. The van der Waals surface area contributed by atoms with Crippen molar-refractivity contribution in [3.8, 4) is 0 Å². The first-order valence-corrected chi connectivity index (χ1v) is 20.4. The molecular weight excluding hydrogens is 751 g/mol. The molecule has 0 spiro atoms. The summed E-state index contributed by atoms with van der Waals surface area (Å²) in [7, 11) is 0. The first-order chi connectivity index (χ1) is 24.4. The maximum absolute atomic E-state index is 5.59. The lowest BCUT2D eigenvalue weighted by atomic mass is 10.1. The van der Waals surface area contributed by atoms with Crippen LogP contribution >= 0.6 is 22.6 Å². The van der Waals surface area contributed by atoms with Crippen molar-refractivity contribution in [2.45, 2.75) is 71.1 Å². The minimum atomic E-state index is 0.522. The van der Waals surface area contributed by atoms with E-state index in [-0.39, 0.29) is 0 Å². The Morgan fingerprint density at radius 2 is 0.408 bits per heavy atom. The summed E-state index contributed by atoms with van der Waals surface area (Å²) in [6.07, 6.45) is 12.7. The van der Waals surface area contributed by atoms with Crippen LogP contribution in [0.1, 0.15) is 71.1 Å². The molecule has 0 atom stereocenters. The van der Waals surface area contributed by atoms with Gasteiger partial charge in [-0.1, -0.05) is 74.5 Å². The molecule has 0 radical (unpaired) electrons. The fraction of sp³-hybridized carbons (Fsp3) is 1.00. The molecule has 0 saturated carbocycles. The lowest BCUT2D eigenvalue weighted by Crippen LogP contribution is -2.15. The van der Waals surface area contributed by atoms with Crippen LogP contribution in [0.15, 0.2) is 0 Å². The van der Waals surface area contributed by atoms with Crippen molar-refractivity contribution >= 4 is 22.6 Å². The largest absolute Gasteiger partial charge is 0.379 e. The van der Waals surface area contributed by atoms with E-state index in [0.29, 0.717) is 145 Å². The van der Waals surface area contributed by atoms with Crippen molar-refractivity contribution in [1.82, 2.24) is 0 Å². The second-order valence-corrected chi connectivity index (χ2v) is 12.3. The summed E-state index contributed by atoms with van der Waals surface area (Å²) >= 11 is 2.42. The van der Waals surface area contributed by atoms with Crippen LogP contribution in [0, 0.1) is 0 Å². The quantitative estimate of drug-likeness (QED) is 0.0437. The Morgan fingerprint density at radius 1 is 0.224 bits per heavy atom. The van der Waals surface area contributed by atoms with Crippen LogP contribution in [-0.4, -0.2) is 163 Å². The third kappa shape index (κ3) is 48.2.